The lowest BCUT2D eigenvalue weighted by atomic mass is 9.98. The summed E-state index contributed by atoms with van der Waals surface area (Å²) in [5, 5.41) is 7.70. The molecule has 4 heteroatoms. The van der Waals surface area contributed by atoms with Gasteiger partial charge < -0.3 is 5.32 Å². The van der Waals surface area contributed by atoms with Crippen LogP contribution >= 0.6 is 0 Å². The van der Waals surface area contributed by atoms with Crippen molar-refractivity contribution in [3.05, 3.63) is 18.0 Å². The summed E-state index contributed by atoms with van der Waals surface area (Å²) in [5.41, 5.74) is 0.885. The molecule has 1 saturated heterocycles. The van der Waals surface area contributed by atoms with E-state index in [1.165, 1.54) is 6.42 Å². The molecule has 2 rings (SSSR count). The maximum atomic E-state index is 12.0. The Balaban J connectivity index is 1.92. The van der Waals surface area contributed by atoms with Crippen LogP contribution in [0, 0.1) is 0 Å². The van der Waals surface area contributed by atoms with Gasteiger partial charge in [0.15, 0.2) is 5.78 Å². The van der Waals surface area contributed by atoms with Gasteiger partial charge in [0.1, 0.15) is 0 Å². The van der Waals surface area contributed by atoms with Gasteiger partial charge in [0.2, 0.25) is 0 Å². The zero-order chi connectivity index (χ0) is 12.3. The molecule has 0 amide bonds. The molecule has 0 radical (unpaired) electrons. The van der Waals surface area contributed by atoms with Gasteiger partial charge in [-0.3, -0.25) is 9.48 Å². The summed E-state index contributed by atoms with van der Waals surface area (Å²) in [6, 6.07) is 2.35. The standard InChI is InChI=1S/C13H21N3O/c1-10(2)16-8-6-11(15-16)9-13(17)12-5-3-4-7-14-12/h6,8,10,12,14H,3-5,7,9H2,1-2H3. The van der Waals surface area contributed by atoms with Gasteiger partial charge in [-0.2, -0.15) is 5.10 Å². The lowest BCUT2D eigenvalue weighted by Gasteiger charge is -2.21. The van der Waals surface area contributed by atoms with E-state index in [2.05, 4.69) is 24.3 Å². The molecule has 0 bridgehead atoms. The Morgan fingerprint density at radius 1 is 1.59 bits per heavy atom. The van der Waals surface area contributed by atoms with Gasteiger partial charge in [0, 0.05) is 12.2 Å². The number of piperidine rings is 1. The average Bonchev–Trinajstić information content (AvgIpc) is 2.79. The van der Waals surface area contributed by atoms with Gasteiger partial charge in [-0.1, -0.05) is 6.42 Å². The number of Topliss-reactive ketones (excluding diaryl/α,β-unsaturated/α-hetero) is 1. The fourth-order valence-corrected chi connectivity index (χ4v) is 2.19. The van der Waals surface area contributed by atoms with Crippen LogP contribution in [0.5, 0.6) is 0 Å². The Kier molecular flexibility index (Phi) is 3.94. The molecule has 4 nitrogen and oxygen atoms in total. The highest BCUT2D eigenvalue weighted by molar-refractivity contribution is 5.85. The van der Waals surface area contributed by atoms with Gasteiger partial charge in [0.25, 0.3) is 0 Å². The first-order valence-electron chi connectivity index (χ1n) is 6.47. The maximum Gasteiger partial charge on any atom is 0.155 e. The van der Waals surface area contributed by atoms with Crippen molar-refractivity contribution in [1.82, 2.24) is 15.1 Å². The molecule has 1 unspecified atom stereocenters. The third kappa shape index (κ3) is 3.16. The number of ketones is 1. The second kappa shape index (κ2) is 5.45. The van der Waals surface area contributed by atoms with Crippen LogP contribution in [-0.2, 0) is 11.2 Å². The Morgan fingerprint density at radius 2 is 2.41 bits per heavy atom. The van der Waals surface area contributed by atoms with E-state index in [9.17, 15) is 4.79 Å². The van der Waals surface area contributed by atoms with E-state index in [0.29, 0.717) is 12.5 Å². The molecule has 1 aliphatic heterocycles. The molecular formula is C13H21N3O. The summed E-state index contributed by atoms with van der Waals surface area (Å²) in [6.45, 7) is 5.14. The maximum absolute atomic E-state index is 12.0. The fraction of sp³-hybridized carbons (Fsp3) is 0.692. The van der Waals surface area contributed by atoms with Crippen molar-refractivity contribution in [1.29, 1.82) is 0 Å². The van der Waals surface area contributed by atoms with E-state index in [0.717, 1.165) is 25.1 Å². The second-order valence-corrected chi connectivity index (χ2v) is 5.03. The fourth-order valence-electron chi connectivity index (χ4n) is 2.19. The number of nitrogens with one attached hydrogen (secondary N) is 1. The van der Waals surface area contributed by atoms with Gasteiger partial charge >= 0.3 is 0 Å². The van der Waals surface area contributed by atoms with E-state index in [1.807, 2.05) is 16.9 Å². The molecule has 1 aliphatic rings. The Morgan fingerprint density at radius 3 is 3.00 bits per heavy atom. The number of rotatable bonds is 4. The van der Waals surface area contributed by atoms with Gasteiger partial charge in [-0.05, 0) is 39.3 Å². The van der Waals surface area contributed by atoms with Crippen LogP contribution < -0.4 is 5.32 Å². The lowest BCUT2D eigenvalue weighted by Crippen LogP contribution is -2.41. The molecule has 0 aromatic carbocycles. The molecule has 1 N–H and O–H groups in total. The average molecular weight is 235 g/mol. The van der Waals surface area contributed by atoms with Crippen LogP contribution in [0.3, 0.4) is 0 Å². The Bertz CT molecular complexity index is 378. The summed E-state index contributed by atoms with van der Waals surface area (Å²) in [5.74, 6) is 0.277. The van der Waals surface area contributed by atoms with E-state index >= 15 is 0 Å². The first-order valence-corrected chi connectivity index (χ1v) is 6.47. The quantitative estimate of drug-likeness (QED) is 0.864. The Hall–Kier alpha value is -1.16. The van der Waals surface area contributed by atoms with E-state index < -0.39 is 0 Å². The molecule has 0 aliphatic carbocycles. The normalized spacial score (nSPS) is 20.8. The zero-order valence-corrected chi connectivity index (χ0v) is 10.6. The van der Waals surface area contributed by atoms with Crippen LogP contribution in [0.25, 0.3) is 0 Å². The van der Waals surface area contributed by atoms with Crippen molar-refractivity contribution in [2.24, 2.45) is 0 Å². The first-order chi connectivity index (χ1) is 8.16. The van der Waals surface area contributed by atoms with Gasteiger partial charge in [-0.25, -0.2) is 0 Å². The number of carbonyl (C=O) groups is 1. The van der Waals surface area contributed by atoms with Crippen molar-refractivity contribution in [3.63, 3.8) is 0 Å². The highest BCUT2D eigenvalue weighted by atomic mass is 16.1. The molecule has 2 heterocycles. The highest BCUT2D eigenvalue weighted by Gasteiger charge is 2.21. The minimum absolute atomic E-state index is 0.0490. The monoisotopic (exact) mass is 235 g/mol. The molecule has 94 valence electrons. The molecular weight excluding hydrogens is 214 g/mol. The van der Waals surface area contributed by atoms with E-state index in [4.69, 9.17) is 0 Å². The minimum Gasteiger partial charge on any atom is -0.307 e. The number of nitrogens with zero attached hydrogens (tertiary/aromatic N) is 2. The molecule has 1 atom stereocenters. The summed E-state index contributed by atoms with van der Waals surface area (Å²) >= 11 is 0. The molecule has 1 aromatic rings. The molecule has 0 spiro atoms. The second-order valence-electron chi connectivity index (χ2n) is 5.03. The van der Waals surface area contributed by atoms with Crippen LogP contribution in [-0.4, -0.2) is 28.2 Å². The molecule has 0 saturated carbocycles. The van der Waals surface area contributed by atoms with Crippen LogP contribution in [0.2, 0.25) is 0 Å². The van der Waals surface area contributed by atoms with Crippen molar-refractivity contribution in [2.45, 2.75) is 51.6 Å². The summed E-state index contributed by atoms with van der Waals surface area (Å²) < 4.78 is 1.90. The van der Waals surface area contributed by atoms with Crippen molar-refractivity contribution >= 4 is 5.78 Å². The SMILES string of the molecule is CC(C)n1ccc(CC(=O)C2CCCCN2)n1. The van der Waals surface area contributed by atoms with Gasteiger partial charge in [0.05, 0.1) is 18.2 Å². The number of carbonyl (C=O) groups excluding carboxylic acids is 1. The predicted molar refractivity (Wildman–Crippen MR) is 67.0 cm³/mol. The van der Waals surface area contributed by atoms with Crippen molar-refractivity contribution in [3.8, 4) is 0 Å². The molecule has 17 heavy (non-hydrogen) atoms. The Labute approximate surface area is 102 Å². The third-order valence-corrected chi connectivity index (χ3v) is 3.25. The lowest BCUT2D eigenvalue weighted by molar-refractivity contribution is -0.121. The topological polar surface area (TPSA) is 46.9 Å². The summed E-state index contributed by atoms with van der Waals surface area (Å²) in [4.78, 5) is 12.0. The third-order valence-electron chi connectivity index (χ3n) is 3.25. The molecule has 1 aromatic heterocycles. The predicted octanol–water partition coefficient (Wildman–Crippen LogP) is 1.72. The highest BCUT2D eigenvalue weighted by Crippen LogP contribution is 2.11. The van der Waals surface area contributed by atoms with E-state index in [-0.39, 0.29) is 11.8 Å². The minimum atomic E-state index is 0.0490. The number of hydrogen-bond acceptors (Lipinski definition) is 3. The van der Waals surface area contributed by atoms with Crippen molar-refractivity contribution in [2.75, 3.05) is 6.54 Å². The summed E-state index contributed by atoms with van der Waals surface area (Å²) in [6.07, 6.45) is 5.72. The smallest absolute Gasteiger partial charge is 0.155 e. The largest absolute Gasteiger partial charge is 0.307 e. The number of aromatic nitrogens is 2. The van der Waals surface area contributed by atoms with E-state index in [1.54, 1.807) is 0 Å². The van der Waals surface area contributed by atoms with Crippen LogP contribution in [0.1, 0.15) is 44.8 Å². The summed E-state index contributed by atoms with van der Waals surface area (Å²) in [7, 11) is 0. The van der Waals surface area contributed by atoms with Crippen LogP contribution in [0.4, 0.5) is 0 Å². The first kappa shape index (κ1) is 12.3. The zero-order valence-electron chi connectivity index (χ0n) is 10.6. The van der Waals surface area contributed by atoms with Gasteiger partial charge in [-0.15, -0.1) is 0 Å². The van der Waals surface area contributed by atoms with Crippen molar-refractivity contribution < 1.29 is 4.79 Å². The molecule has 1 fully saturated rings. The van der Waals surface area contributed by atoms with Crippen LogP contribution in [0.15, 0.2) is 12.3 Å². The number of hydrogen-bond donors (Lipinski definition) is 1.